The summed E-state index contributed by atoms with van der Waals surface area (Å²) in [4.78, 5) is 0. The summed E-state index contributed by atoms with van der Waals surface area (Å²) in [6, 6.07) is 0.150. The molecule has 0 aliphatic heterocycles. The minimum atomic E-state index is 0.150. The number of rotatable bonds is 3. The van der Waals surface area contributed by atoms with Crippen molar-refractivity contribution in [3.8, 4) is 0 Å². The fraction of sp³-hybridized carbons (Fsp3) is 1.00. The topological polar surface area (TPSA) is 35.2 Å². The van der Waals surface area contributed by atoms with Gasteiger partial charge in [-0.2, -0.15) is 0 Å². The normalized spacial score (nSPS) is 30.2. The third-order valence-corrected chi connectivity index (χ3v) is 3.59. The Morgan fingerprint density at radius 3 is 2.20 bits per heavy atom. The molecule has 0 radical (unpaired) electrons. The van der Waals surface area contributed by atoms with E-state index in [1.807, 2.05) is 0 Å². The molecule has 90 valence electrons. The van der Waals surface area contributed by atoms with Gasteiger partial charge in [0.15, 0.2) is 0 Å². The van der Waals surface area contributed by atoms with Crippen molar-refractivity contribution in [2.75, 3.05) is 6.61 Å². The van der Waals surface area contributed by atoms with Crippen LogP contribution < -0.4 is 5.73 Å². The number of hydrogen-bond acceptors (Lipinski definition) is 2. The van der Waals surface area contributed by atoms with Crippen molar-refractivity contribution in [1.82, 2.24) is 0 Å². The molecule has 0 aromatic rings. The van der Waals surface area contributed by atoms with Crippen molar-refractivity contribution in [1.29, 1.82) is 0 Å². The van der Waals surface area contributed by atoms with Crippen LogP contribution in [0.5, 0.6) is 0 Å². The average molecular weight is 213 g/mol. The maximum Gasteiger partial charge on any atom is 0.0626 e. The van der Waals surface area contributed by atoms with Crippen LogP contribution in [0.25, 0.3) is 0 Å². The van der Waals surface area contributed by atoms with Gasteiger partial charge in [0.05, 0.1) is 12.7 Å². The summed E-state index contributed by atoms with van der Waals surface area (Å²) >= 11 is 0. The zero-order valence-electron chi connectivity index (χ0n) is 10.8. The summed E-state index contributed by atoms with van der Waals surface area (Å²) in [7, 11) is 0. The van der Waals surface area contributed by atoms with Crippen molar-refractivity contribution >= 4 is 0 Å². The minimum Gasteiger partial charge on any atom is -0.377 e. The van der Waals surface area contributed by atoms with Gasteiger partial charge in [-0.1, -0.05) is 27.7 Å². The lowest BCUT2D eigenvalue weighted by Gasteiger charge is -2.31. The summed E-state index contributed by atoms with van der Waals surface area (Å²) in [5, 5.41) is 0. The first-order valence-corrected chi connectivity index (χ1v) is 6.26. The van der Waals surface area contributed by atoms with E-state index < -0.39 is 0 Å². The maximum atomic E-state index is 6.07. The van der Waals surface area contributed by atoms with E-state index in [2.05, 4.69) is 27.7 Å². The molecule has 0 amide bonds. The first kappa shape index (κ1) is 13.0. The van der Waals surface area contributed by atoms with E-state index in [-0.39, 0.29) is 11.5 Å². The molecule has 1 rings (SSSR count). The van der Waals surface area contributed by atoms with E-state index in [0.717, 1.165) is 5.92 Å². The highest BCUT2D eigenvalue weighted by Gasteiger charge is 2.24. The lowest BCUT2D eigenvalue weighted by atomic mass is 9.87. The molecule has 0 aromatic heterocycles. The quantitative estimate of drug-likeness (QED) is 0.782. The number of nitrogens with two attached hydrogens (primary N) is 1. The molecule has 0 aromatic carbocycles. The van der Waals surface area contributed by atoms with E-state index in [9.17, 15) is 0 Å². The summed E-state index contributed by atoms with van der Waals surface area (Å²) in [5.41, 5.74) is 6.22. The summed E-state index contributed by atoms with van der Waals surface area (Å²) < 4.78 is 5.89. The van der Waals surface area contributed by atoms with Gasteiger partial charge in [0.25, 0.3) is 0 Å². The van der Waals surface area contributed by atoms with Gasteiger partial charge >= 0.3 is 0 Å². The van der Waals surface area contributed by atoms with Gasteiger partial charge in [0.2, 0.25) is 0 Å². The molecule has 0 spiro atoms. The van der Waals surface area contributed by atoms with E-state index in [4.69, 9.17) is 10.5 Å². The average Bonchev–Trinajstić information content (AvgIpc) is 2.15. The van der Waals surface area contributed by atoms with Gasteiger partial charge < -0.3 is 10.5 Å². The second-order valence-corrected chi connectivity index (χ2v) is 6.19. The first-order valence-electron chi connectivity index (χ1n) is 6.26. The van der Waals surface area contributed by atoms with Crippen LogP contribution in [0.1, 0.15) is 53.4 Å². The molecule has 1 fully saturated rings. The van der Waals surface area contributed by atoms with Gasteiger partial charge in [-0.05, 0) is 37.0 Å². The maximum absolute atomic E-state index is 6.07. The van der Waals surface area contributed by atoms with Crippen LogP contribution in [0, 0.1) is 11.3 Å². The highest BCUT2D eigenvalue weighted by Crippen LogP contribution is 2.26. The van der Waals surface area contributed by atoms with Crippen LogP contribution in [0.2, 0.25) is 0 Å². The lowest BCUT2D eigenvalue weighted by Crippen LogP contribution is -2.40. The number of hydrogen-bond donors (Lipinski definition) is 1. The zero-order valence-corrected chi connectivity index (χ0v) is 10.8. The first-order chi connectivity index (χ1) is 6.89. The molecular formula is C13H27NO. The second-order valence-electron chi connectivity index (χ2n) is 6.19. The van der Waals surface area contributed by atoms with Gasteiger partial charge in [0, 0.05) is 6.04 Å². The van der Waals surface area contributed by atoms with E-state index in [1.165, 1.54) is 25.7 Å². The Labute approximate surface area is 94.6 Å². The van der Waals surface area contributed by atoms with E-state index in [0.29, 0.717) is 12.7 Å². The molecular weight excluding hydrogens is 186 g/mol. The van der Waals surface area contributed by atoms with Crippen LogP contribution >= 0.6 is 0 Å². The van der Waals surface area contributed by atoms with Gasteiger partial charge in [-0.25, -0.2) is 0 Å². The molecule has 1 unspecified atom stereocenters. The van der Waals surface area contributed by atoms with Crippen molar-refractivity contribution < 1.29 is 4.74 Å². The highest BCUT2D eigenvalue weighted by molar-refractivity contribution is 4.78. The highest BCUT2D eigenvalue weighted by atomic mass is 16.5. The van der Waals surface area contributed by atoms with Gasteiger partial charge in [-0.15, -0.1) is 0 Å². The van der Waals surface area contributed by atoms with Crippen LogP contribution in [0.4, 0.5) is 0 Å². The number of ether oxygens (including phenoxy) is 1. The molecule has 15 heavy (non-hydrogen) atoms. The van der Waals surface area contributed by atoms with Crippen molar-refractivity contribution in [3.05, 3.63) is 0 Å². The molecule has 2 N–H and O–H groups in total. The summed E-state index contributed by atoms with van der Waals surface area (Å²) in [6.45, 7) is 9.55. The fourth-order valence-corrected chi connectivity index (χ4v) is 1.89. The molecule has 1 aliphatic carbocycles. The minimum absolute atomic E-state index is 0.150. The second kappa shape index (κ2) is 5.31. The Bertz CT molecular complexity index is 177. The van der Waals surface area contributed by atoms with Crippen LogP contribution in [0.15, 0.2) is 0 Å². The van der Waals surface area contributed by atoms with Gasteiger partial charge in [0.1, 0.15) is 0 Å². The Balaban J connectivity index is 2.20. The molecule has 1 atom stereocenters. The van der Waals surface area contributed by atoms with Gasteiger partial charge in [-0.3, -0.25) is 0 Å². The molecule has 2 heteroatoms. The SMILES string of the molecule is CC1CCC(OCC(N)C(C)(C)C)CC1. The summed E-state index contributed by atoms with van der Waals surface area (Å²) in [5.74, 6) is 0.890. The third kappa shape index (κ3) is 4.52. The zero-order chi connectivity index (χ0) is 11.5. The Hall–Kier alpha value is -0.0800. The smallest absolute Gasteiger partial charge is 0.0626 e. The van der Waals surface area contributed by atoms with E-state index in [1.54, 1.807) is 0 Å². The Kier molecular flexibility index (Phi) is 4.60. The van der Waals surface area contributed by atoms with Crippen LogP contribution in [-0.4, -0.2) is 18.8 Å². The summed E-state index contributed by atoms with van der Waals surface area (Å²) in [6.07, 6.45) is 5.54. The van der Waals surface area contributed by atoms with Crippen LogP contribution in [0.3, 0.4) is 0 Å². The van der Waals surface area contributed by atoms with Crippen molar-refractivity contribution in [3.63, 3.8) is 0 Å². The lowest BCUT2D eigenvalue weighted by molar-refractivity contribution is -0.000655. The van der Waals surface area contributed by atoms with E-state index >= 15 is 0 Å². The molecule has 0 heterocycles. The predicted octanol–water partition coefficient (Wildman–Crippen LogP) is 2.96. The van der Waals surface area contributed by atoms with Crippen molar-refractivity contribution in [2.24, 2.45) is 17.1 Å². The molecule has 0 saturated heterocycles. The fourth-order valence-electron chi connectivity index (χ4n) is 1.89. The molecule has 1 saturated carbocycles. The largest absolute Gasteiger partial charge is 0.377 e. The third-order valence-electron chi connectivity index (χ3n) is 3.59. The van der Waals surface area contributed by atoms with Crippen LogP contribution in [-0.2, 0) is 4.74 Å². The molecule has 1 aliphatic rings. The monoisotopic (exact) mass is 213 g/mol. The predicted molar refractivity (Wildman–Crippen MR) is 64.8 cm³/mol. The Morgan fingerprint density at radius 2 is 1.73 bits per heavy atom. The van der Waals surface area contributed by atoms with Crippen molar-refractivity contribution in [2.45, 2.75) is 65.5 Å². The molecule has 2 nitrogen and oxygen atoms in total. The molecule has 0 bridgehead atoms. The standard InChI is InChI=1S/C13H27NO/c1-10-5-7-11(8-6-10)15-9-12(14)13(2,3)4/h10-12H,5-9,14H2,1-4H3. The Morgan fingerprint density at radius 1 is 1.20 bits per heavy atom.